The van der Waals surface area contributed by atoms with Crippen molar-refractivity contribution < 1.29 is 13.5 Å². The van der Waals surface area contributed by atoms with E-state index in [1.54, 1.807) is 21.8 Å². The zero-order valence-corrected chi connectivity index (χ0v) is 12.9. The number of aliphatic hydroxyl groups is 1. The molecule has 3 rings (SSSR count). The average molecular weight is 316 g/mol. The van der Waals surface area contributed by atoms with Gasteiger partial charge in [0.1, 0.15) is 4.21 Å². The van der Waals surface area contributed by atoms with E-state index >= 15 is 0 Å². The summed E-state index contributed by atoms with van der Waals surface area (Å²) in [6, 6.07) is 3.42. The number of nitrogens with zero attached hydrogens (tertiary/aromatic N) is 2. The molecular formula is C13H20N2O3S2. The summed E-state index contributed by atoms with van der Waals surface area (Å²) in [7, 11) is -3.31. The number of β-amino-alcohol motifs (C(OH)–C–C–N with tert-alkyl or cyclic N) is 1. The monoisotopic (exact) mass is 316 g/mol. The lowest BCUT2D eigenvalue weighted by atomic mass is 10.2. The Labute approximate surface area is 123 Å². The number of rotatable bonds is 5. The molecule has 2 aliphatic rings. The molecule has 20 heavy (non-hydrogen) atoms. The minimum absolute atomic E-state index is 0.240. The SMILES string of the molecule is O=S(=O)(c1cccs1)N1CCN(C[C@H](O)C2CC2)CC1. The first kappa shape index (κ1) is 14.5. The van der Waals surface area contributed by atoms with Gasteiger partial charge in [0.15, 0.2) is 0 Å². The summed E-state index contributed by atoms with van der Waals surface area (Å²) < 4.78 is 26.7. The third-order valence-electron chi connectivity index (χ3n) is 4.03. The van der Waals surface area contributed by atoms with E-state index in [0.717, 1.165) is 12.8 Å². The first-order valence-corrected chi connectivity index (χ1v) is 9.33. The molecule has 0 spiro atoms. The highest BCUT2D eigenvalue weighted by Gasteiger charge is 2.33. The zero-order chi connectivity index (χ0) is 14.2. The van der Waals surface area contributed by atoms with Crippen LogP contribution in [0, 0.1) is 5.92 Å². The van der Waals surface area contributed by atoms with Gasteiger partial charge in [-0.3, -0.25) is 4.90 Å². The van der Waals surface area contributed by atoms with Crippen LogP contribution in [0.15, 0.2) is 21.7 Å². The van der Waals surface area contributed by atoms with Crippen molar-refractivity contribution in [2.24, 2.45) is 5.92 Å². The highest BCUT2D eigenvalue weighted by molar-refractivity contribution is 7.91. The van der Waals surface area contributed by atoms with Crippen molar-refractivity contribution in [3.05, 3.63) is 17.5 Å². The standard InChI is InChI=1S/C13H20N2O3S2/c16-12(11-3-4-11)10-14-5-7-15(8-6-14)20(17,18)13-2-1-9-19-13/h1-2,9,11-12,16H,3-8,10H2/t12-/m0/s1. The normalized spacial score (nSPS) is 23.9. The molecule has 1 atom stereocenters. The molecule has 1 aromatic heterocycles. The van der Waals surface area contributed by atoms with E-state index in [1.165, 1.54) is 11.3 Å². The van der Waals surface area contributed by atoms with Crippen LogP contribution in [-0.4, -0.2) is 61.6 Å². The first-order chi connectivity index (χ1) is 9.57. The van der Waals surface area contributed by atoms with Crippen LogP contribution in [0.1, 0.15) is 12.8 Å². The molecule has 112 valence electrons. The number of hydrogen-bond donors (Lipinski definition) is 1. The Kier molecular flexibility index (Phi) is 4.14. The van der Waals surface area contributed by atoms with Crippen molar-refractivity contribution in [1.29, 1.82) is 0 Å². The minimum atomic E-state index is -3.31. The van der Waals surface area contributed by atoms with Gasteiger partial charge in [0.05, 0.1) is 6.10 Å². The van der Waals surface area contributed by atoms with Gasteiger partial charge in [0.25, 0.3) is 10.0 Å². The van der Waals surface area contributed by atoms with Gasteiger partial charge in [-0.25, -0.2) is 8.42 Å². The summed E-state index contributed by atoms with van der Waals surface area (Å²) in [5, 5.41) is 11.7. The Balaban J connectivity index is 1.55. The van der Waals surface area contributed by atoms with Crippen molar-refractivity contribution in [3.8, 4) is 0 Å². The molecule has 2 fully saturated rings. The molecule has 1 aliphatic heterocycles. The largest absolute Gasteiger partial charge is 0.392 e. The summed E-state index contributed by atoms with van der Waals surface area (Å²) in [5.41, 5.74) is 0. The number of thiophene rings is 1. The quantitative estimate of drug-likeness (QED) is 0.874. The Bertz CT molecular complexity index is 532. The molecule has 7 heteroatoms. The molecule has 2 heterocycles. The molecule has 0 amide bonds. The Morgan fingerprint density at radius 1 is 1.30 bits per heavy atom. The van der Waals surface area contributed by atoms with Crippen molar-refractivity contribution in [2.45, 2.75) is 23.2 Å². The number of sulfonamides is 1. The zero-order valence-electron chi connectivity index (χ0n) is 11.3. The molecular weight excluding hydrogens is 296 g/mol. The van der Waals surface area contributed by atoms with E-state index < -0.39 is 10.0 Å². The van der Waals surface area contributed by atoms with E-state index in [-0.39, 0.29) is 6.10 Å². The van der Waals surface area contributed by atoms with Gasteiger partial charge in [-0.2, -0.15) is 4.31 Å². The van der Waals surface area contributed by atoms with E-state index in [0.29, 0.717) is 42.9 Å². The lowest BCUT2D eigenvalue weighted by molar-refractivity contribution is 0.0782. The van der Waals surface area contributed by atoms with E-state index in [1.807, 2.05) is 0 Å². The molecule has 0 bridgehead atoms. The van der Waals surface area contributed by atoms with Crippen molar-refractivity contribution in [1.82, 2.24) is 9.21 Å². The third-order valence-corrected chi connectivity index (χ3v) is 7.30. The van der Waals surface area contributed by atoms with Gasteiger partial charge in [0, 0.05) is 32.7 Å². The summed E-state index contributed by atoms with van der Waals surface area (Å²) in [4.78, 5) is 2.17. The van der Waals surface area contributed by atoms with Gasteiger partial charge in [-0.15, -0.1) is 11.3 Å². The third kappa shape index (κ3) is 3.07. The van der Waals surface area contributed by atoms with E-state index in [4.69, 9.17) is 0 Å². The first-order valence-electron chi connectivity index (χ1n) is 7.01. The Hall–Kier alpha value is -0.470. The van der Waals surface area contributed by atoms with Crippen molar-refractivity contribution >= 4 is 21.4 Å². The fourth-order valence-electron chi connectivity index (χ4n) is 2.58. The van der Waals surface area contributed by atoms with Crippen LogP contribution in [0.5, 0.6) is 0 Å². The summed E-state index contributed by atoms with van der Waals surface area (Å²) in [6.07, 6.45) is 2.03. The average Bonchev–Trinajstić information content (AvgIpc) is 3.14. The van der Waals surface area contributed by atoms with Crippen LogP contribution in [0.2, 0.25) is 0 Å². The topological polar surface area (TPSA) is 60.9 Å². The highest BCUT2D eigenvalue weighted by Crippen LogP contribution is 2.33. The minimum Gasteiger partial charge on any atom is -0.392 e. The maximum Gasteiger partial charge on any atom is 0.252 e. The van der Waals surface area contributed by atoms with Crippen LogP contribution >= 0.6 is 11.3 Å². The molecule has 5 nitrogen and oxygen atoms in total. The predicted octanol–water partition coefficient (Wildman–Crippen LogP) is 0.825. The molecule has 0 aromatic carbocycles. The Morgan fingerprint density at radius 3 is 2.55 bits per heavy atom. The van der Waals surface area contributed by atoms with Crippen LogP contribution in [0.4, 0.5) is 0 Å². The molecule has 0 unspecified atom stereocenters. The van der Waals surface area contributed by atoms with E-state index in [9.17, 15) is 13.5 Å². The predicted molar refractivity (Wildman–Crippen MR) is 78.2 cm³/mol. The number of piperazine rings is 1. The van der Waals surface area contributed by atoms with Crippen LogP contribution < -0.4 is 0 Å². The van der Waals surface area contributed by atoms with Gasteiger partial charge in [0.2, 0.25) is 0 Å². The van der Waals surface area contributed by atoms with Gasteiger partial charge in [-0.05, 0) is 30.2 Å². The molecule has 1 saturated carbocycles. The maximum atomic E-state index is 12.4. The number of aliphatic hydroxyl groups excluding tert-OH is 1. The van der Waals surface area contributed by atoms with Crippen LogP contribution in [0.3, 0.4) is 0 Å². The van der Waals surface area contributed by atoms with Crippen LogP contribution in [0.25, 0.3) is 0 Å². The van der Waals surface area contributed by atoms with Gasteiger partial charge < -0.3 is 5.11 Å². The second kappa shape index (κ2) is 5.73. The molecule has 1 N–H and O–H groups in total. The van der Waals surface area contributed by atoms with Gasteiger partial charge in [-0.1, -0.05) is 6.07 Å². The molecule has 1 aromatic rings. The highest BCUT2D eigenvalue weighted by atomic mass is 32.2. The Morgan fingerprint density at radius 2 is 2.00 bits per heavy atom. The number of hydrogen-bond acceptors (Lipinski definition) is 5. The second-order valence-corrected chi connectivity index (χ2v) is 8.65. The molecule has 0 radical (unpaired) electrons. The van der Waals surface area contributed by atoms with Gasteiger partial charge >= 0.3 is 0 Å². The second-order valence-electron chi connectivity index (χ2n) is 5.54. The summed E-state index contributed by atoms with van der Waals surface area (Å²) >= 11 is 1.26. The fraction of sp³-hybridized carbons (Fsp3) is 0.692. The smallest absolute Gasteiger partial charge is 0.252 e. The molecule has 1 aliphatic carbocycles. The summed E-state index contributed by atoms with van der Waals surface area (Å²) in [6.45, 7) is 3.11. The van der Waals surface area contributed by atoms with Crippen molar-refractivity contribution in [2.75, 3.05) is 32.7 Å². The lowest BCUT2D eigenvalue weighted by Crippen LogP contribution is -2.50. The van der Waals surface area contributed by atoms with Crippen molar-refractivity contribution in [3.63, 3.8) is 0 Å². The van der Waals surface area contributed by atoms with Crippen LogP contribution in [-0.2, 0) is 10.0 Å². The van der Waals surface area contributed by atoms with E-state index in [2.05, 4.69) is 4.90 Å². The summed E-state index contributed by atoms with van der Waals surface area (Å²) in [5.74, 6) is 0.475. The maximum absolute atomic E-state index is 12.4. The molecule has 1 saturated heterocycles. The lowest BCUT2D eigenvalue weighted by Gasteiger charge is -2.34. The fourth-order valence-corrected chi connectivity index (χ4v) is 5.15.